The number of rotatable bonds is 29. The van der Waals surface area contributed by atoms with Crippen LogP contribution in [0.1, 0.15) is 96.9 Å². The third-order valence-corrected chi connectivity index (χ3v) is 23.6. The van der Waals surface area contributed by atoms with Crippen molar-refractivity contribution < 1.29 is 215 Å². The number of carbonyl (C=O) groups excluding carboxylic acids is 7. The molecule has 10 fully saturated rings. The van der Waals surface area contributed by atoms with Gasteiger partial charge in [-0.2, -0.15) is 0 Å². The van der Waals surface area contributed by atoms with Crippen molar-refractivity contribution >= 4 is 41.4 Å². The van der Waals surface area contributed by atoms with Gasteiger partial charge in [-0.3, -0.25) is 33.6 Å². The van der Waals surface area contributed by atoms with E-state index in [2.05, 4.69) is 37.2 Å². The van der Waals surface area contributed by atoms with Crippen LogP contribution in [0.2, 0.25) is 0 Å². The molecular formula is C75H125N7O44. The Bertz CT molecular complexity index is 3580. The molecule has 10 saturated heterocycles. The molecule has 0 spiro atoms. The zero-order valence-electron chi connectivity index (χ0n) is 71.6. The van der Waals surface area contributed by atoms with Gasteiger partial charge in [0, 0.05) is 55.6 Å². The molecule has 0 saturated carbocycles. The summed E-state index contributed by atoms with van der Waals surface area (Å²) in [5.41, 5.74) is 0. The molecule has 10 aliphatic rings. The third kappa shape index (κ3) is 23.2. The Hall–Kier alpha value is -5.19. The van der Waals surface area contributed by atoms with Gasteiger partial charge < -0.3 is 219 Å². The fourth-order valence-electron chi connectivity index (χ4n) is 17.3. The van der Waals surface area contributed by atoms with Gasteiger partial charge in [-0.05, 0) is 48.5 Å². The van der Waals surface area contributed by atoms with E-state index in [9.17, 15) is 120 Å². The van der Waals surface area contributed by atoms with Crippen LogP contribution in [0, 0.1) is 0 Å². The number of nitrogens with one attached hydrogen (secondary N) is 7. The SMILES string of the molecule is CO[C@H]1[C@H](O)[C@@H](NC(C)=O)[C@@H](O[C@H]2[C@H](O)[C@@H](NC(C)=O)[C@@H](O[C@H]3[C@H](O)[C@@H](O)[C@@H](O[C@H]4[C@H](O)[C@@H](C)O[C@H](O[C@H]5[C@H](O)[C@@H](O)[C@@H](O[C@H]6[C@H](O)[C@@H](C)O[C@H](O[C@H]7[C@H](O)[C@@H](O)[C@@H](O[C@H]8[C@H](O)[C@@H](C)O[C@H](O[C@@H]9[C@@H](NC(C)=O)[C@@H](O)O[C@H](C)[C@H]9O[C@H]9O[C@H](C)[C@@H](O)[C@H](O)[C@H]9NC(C)=O)[C@@H]8NC(C)=O)O[C@@H]7CO)[C@@H]6NC(C)=O)O[C@@H]5CO)[C@@H]4NC(C)=O)O[C@@H]3CO)O[C@@H]2C)O[C@@H]1C. The number of hydrogen-bond acceptors (Lipinski definition) is 44. The normalized spacial score (nSPS) is 48.3. The second-order valence-corrected chi connectivity index (χ2v) is 33.2. The van der Waals surface area contributed by atoms with E-state index in [4.69, 9.17) is 94.7 Å². The van der Waals surface area contributed by atoms with Crippen LogP contribution in [0.4, 0.5) is 0 Å². The molecule has 0 aromatic rings. The number of carbonyl (C=O) groups is 7. The standard InChI is InChI=1S/C75H125N7O44/c1-19-43(93)47(97)36(76-26(8)86)67(109-19)119-58-25(7)108-66(106)39(79-29(11)89)65(58)126-72-42(82-32(14)92)64(46(96)22(4)112-72)125-75-55(105)52(102)61(35(18-85)117-75)122-71-41(81-31(13)91)63(45(95)21(3)111-71)124-74-54(104)51(101)60(34(17-84)116-74)121-70-40(80-30(12)90)62(44(94)20(2)110-70)123-73-53(103)50(100)59(33(16-83)115-73)120-69-38(78-28(10)88)49(99)57(24(6)114-69)118-68-37(77-27(9)87)48(98)56(107-15)23(5)113-68/h19-25,33-75,83-85,93-106H,16-18H2,1-15H3,(H,76,86)(H,77,87)(H,78,88)(H,79,89)(H,80,90)(H,81,91)(H,82,92)/t19-,20-,21-,22-,23-,24-,25-,33-,34-,35-,36-,37-,38-,39-,40-,41-,42-,43-,44-,45-,46-,47-,48-,49-,50-,51-,52-,53-,54-,55-,56-,57-,58-,59-,60-,61-,62-,63-,64-,65-,66+,67-,68-,69-,70-,71-,72-,73-,74-,75-/m1/s1. The van der Waals surface area contributed by atoms with E-state index < -0.39 is 368 Å². The zero-order valence-corrected chi connectivity index (χ0v) is 71.6. The predicted molar refractivity (Wildman–Crippen MR) is 406 cm³/mol. The number of methoxy groups -OCH3 is 1. The maximum absolute atomic E-state index is 13.2. The van der Waals surface area contributed by atoms with Crippen molar-refractivity contribution in [2.24, 2.45) is 0 Å². The second-order valence-electron chi connectivity index (χ2n) is 33.2. The Labute approximate surface area is 721 Å². The predicted octanol–water partition coefficient (Wildman–Crippen LogP) is -13.9. The summed E-state index contributed by atoms with van der Waals surface area (Å²) < 4.78 is 122. The molecular weight excluding hydrogens is 1700 g/mol. The summed E-state index contributed by atoms with van der Waals surface area (Å²) in [6.45, 7) is 14.1. The molecule has 10 aliphatic heterocycles. The maximum Gasteiger partial charge on any atom is 0.217 e. The highest BCUT2D eigenvalue weighted by Gasteiger charge is 2.62. The quantitative estimate of drug-likeness (QED) is 0.0331. The van der Waals surface area contributed by atoms with Crippen LogP contribution in [0.5, 0.6) is 0 Å². The zero-order chi connectivity index (χ0) is 93.1. The van der Waals surface area contributed by atoms with E-state index in [0.717, 1.165) is 41.5 Å². The van der Waals surface area contributed by atoms with Crippen LogP contribution in [-0.4, -0.2) is 462 Å². The molecule has 24 N–H and O–H groups in total. The summed E-state index contributed by atoms with van der Waals surface area (Å²) in [5.74, 6) is -5.25. The summed E-state index contributed by atoms with van der Waals surface area (Å²) in [5, 5.41) is 214. The van der Waals surface area contributed by atoms with Crippen LogP contribution < -0.4 is 37.2 Å². The number of hydrogen-bond donors (Lipinski definition) is 24. The van der Waals surface area contributed by atoms with E-state index >= 15 is 0 Å². The summed E-state index contributed by atoms with van der Waals surface area (Å²) in [7, 11) is 1.32. The minimum absolute atomic E-state index is 0.583. The van der Waals surface area contributed by atoms with Gasteiger partial charge in [-0.25, -0.2) is 0 Å². The minimum Gasteiger partial charge on any atom is -0.394 e. The van der Waals surface area contributed by atoms with Gasteiger partial charge in [0.05, 0.1) is 62.5 Å². The van der Waals surface area contributed by atoms with Crippen LogP contribution >= 0.6 is 0 Å². The molecule has 0 radical (unpaired) electrons. The lowest BCUT2D eigenvalue weighted by Gasteiger charge is -2.51. The van der Waals surface area contributed by atoms with E-state index in [0.29, 0.717) is 0 Å². The Kier molecular flexibility index (Phi) is 36.0. The Morgan fingerprint density at radius 1 is 0.222 bits per heavy atom. The van der Waals surface area contributed by atoms with Gasteiger partial charge in [0.25, 0.3) is 0 Å². The molecule has 50 atom stereocenters. The lowest BCUT2D eigenvalue weighted by molar-refractivity contribution is -0.384. The van der Waals surface area contributed by atoms with Crippen molar-refractivity contribution in [3.05, 3.63) is 0 Å². The first-order chi connectivity index (χ1) is 59.2. The van der Waals surface area contributed by atoms with Gasteiger partial charge in [0.2, 0.25) is 41.4 Å². The Morgan fingerprint density at radius 2 is 0.452 bits per heavy atom. The van der Waals surface area contributed by atoms with Gasteiger partial charge >= 0.3 is 0 Å². The number of amides is 7. The van der Waals surface area contributed by atoms with Crippen molar-refractivity contribution in [1.29, 1.82) is 0 Å². The van der Waals surface area contributed by atoms with E-state index in [-0.39, 0.29) is 0 Å². The highest BCUT2D eigenvalue weighted by Crippen LogP contribution is 2.41. The fraction of sp³-hybridized carbons (Fsp3) is 0.907. The summed E-state index contributed by atoms with van der Waals surface area (Å²) >= 11 is 0. The molecule has 0 unspecified atom stereocenters. The molecule has 0 aromatic heterocycles. The van der Waals surface area contributed by atoms with E-state index in [1.54, 1.807) is 6.92 Å². The van der Waals surface area contributed by atoms with Gasteiger partial charge in [-0.15, -0.1) is 0 Å². The minimum atomic E-state index is -2.29. The molecule has 51 heteroatoms. The number of aliphatic hydroxyl groups excluding tert-OH is 17. The third-order valence-electron chi connectivity index (χ3n) is 23.6. The molecule has 724 valence electrons. The fourth-order valence-corrected chi connectivity index (χ4v) is 17.3. The van der Waals surface area contributed by atoms with E-state index in [1.807, 2.05) is 0 Å². The Balaban J connectivity index is 0.816. The van der Waals surface area contributed by atoms with Gasteiger partial charge in [0.15, 0.2) is 62.9 Å². The highest BCUT2D eigenvalue weighted by molar-refractivity contribution is 5.75. The first-order valence-electron chi connectivity index (χ1n) is 41.5. The lowest BCUT2D eigenvalue weighted by atomic mass is 9.93. The second kappa shape index (κ2) is 44.1. The molecule has 0 bridgehead atoms. The molecule has 51 nitrogen and oxygen atoms in total. The number of ether oxygens (including phenoxy) is 20. The smallest absolute Gasteiger partial charge is 0.217 e. The van der Waals surface area contributed by atoms with Gasteiger partial charge in [-0.1, -0.05) is 0 Å². The van der Waals surface area contributed by atoms with Crippen LogP contribution in [-0.2, 0) is 128 Å². The average Bonchev–Trinajstić information content (AvgIpc) is 0.785. The monoisotopic (exact) mass is 1830 g/mol. The first-order valence-corrected chi connectivity index (χ1v) is 41.5. The van der Waals surface area contributed by atoms with Crippen molar-refractivity contribution in [1.82, 2.24) is 37.2 Å². The summed E-state index contributed by atoms with van der Waals surface area (Å²) in [6.07, 6.45) is -74.2. The molecule has 0 aliphatic carbocycles. The highest BCUT2D eigenvalue weighted by atomic mass is 16.8. The molecule has 0 aromatic carbocycles. The molecule has 126 heavy (non-hydrogen) atoms. The van der Waals surface area contributed by atoms with Crippen molar-refractivity contribution in [3.63, 3.8) is 0 Å². The molecule has 10 heterocycles. The van der Waals surface area contributed by atoms with E-state index in [1.165, 1.54) is 55.6 Å². The Morgan fingerprint density at radius 3 is 0.762 bits per heavy atom. The largest absolute Gasteiger partial charge is 0.394 e. The number of aliphatic hydroxyl groups is 17. The molecule has 10 rings (SSSR count). The van der Waals surface area contributed by atoms with Crippen molar-refractivity contribution in [2.45, 2.75) is 404 Å². The summed E-state index contributed by atoms with van der Waals surface area (Å²) in [4.78, 5) is 89.8. The average molecular weight is 1830 g/mol. The van der Waals surface area contributed by atoms with Gasteiger partial charge in [0.1, 0.15) is 201 Å². The topological polar surface area (TPSA) is 732 Å². The summed E-state index contributed by atoms with van der Waals surface area (Å²) in [6, 6.07) is -11.1. The lowest BCUT2D eigenvalue weighted by Crippen LogP contribution is -2.71. The van der Waals surface area contributed by atoms with Crippen LogP contribution in [0.15, 0.2) is 0 Å². The van der Waals surface area contributed by atoms with Crippen molar-refractivity contribution in [2.75, 3.05) is 26.9 Å². The van der Waals surface area contributed by atoms with Crippen LogP contribution in [0.3, 0.4) is 0 Å². The van der Waals surface area contributed by atoms with Crippen LogP contribution in [0.25, 0.3) is 0 Å². The van der Waals surface area contributed by atoms with Crippen molar-refractivity contribution in [3.8, 4) is 0 Å². The molecule has 7 amide bonds. The first kappa shape index (κ1) is 103. The maximum atomic E-state index is 13.2.